The third-order valence-corrected chi connectivity index (χ3v) is 5.26. The van der Waals surface area contributed by atoms with Gasteiger partial charge in [0.25, 0.3) is 0 Å². The van der Waals surface area contributed by atoms with Gasteiger partial charge in [0.05, 0.1) is 25.7 Å². The zero-order valence-electron chi connectivity index (χ0n) is 16.6. The van der Waals surface area contributed by atoms with Crippen LogP contribution in [0.15, 0.2) is 24.5 Å². The molecule has 2 amide bonds. The molecule has 3 heterocycles. The van der Waals surface area contributed by atoms with Crippen LogP contribution in [0.1, 0.15) is 26.2 Å². The number of hydrogen-bond acceptors (Lipinski definition) is 6. The van der Waals surface area contributed by atoms with Crippen LogP contribution in [0.3, 0.4) is 0 Å². The van der Waals surface area contributed by atoms with Gasteiger partial charge < -0.3 is 24.2 Å². The molecule has 28 heavy (non-hydrogen) atoms. The van der Waals surface area contributed by atoms with Crippen molar-refractivity contribution in [3.8, 4) is 0 Å². The summed E-state index contributed by atoms with van der Waals surface area (Å²) in [5, 5.41) is 0. The average Bonchev–Trinajstić information content (AvgIpc) is 2.75. The van der Waals surface area contributed by atoms with Crippen molar-refractivity contribution >= 4 is 17.7 Å². The third-order valence-electron chi connectivity index (χ3n) is 5.26. The molecule has 0 saturated carbocycles. The monoisotopic (exact) mass is 390 g/mol. The Morgan fingerprint density at radius 2 is 1.68 bits per heavy atom. The summed E-state index contributed by atoms with van der Waals surface area (Å²) in [7, 11) is 0. The molecule has 0 atom stereocenters. The highest BCUT2D eigenvalue weighted by molar-refractivity contribution is 5.75. The lowest BCUT2D eigenvalue weighted by Crippen LogP contribution is -2.54. The van der Waals surface area contributed by atoms with Gasteiger partial charge in [0.15, 0.2) is 0 Å². The molecule has 3 rings (SSSR count). The van der Waals surface area contributed by atoms with Gasteiger partial charge in [-0.05, 0) is 31.9 Å². The number of pyridine rings is 1. The van der Waals surface area contributed by atoms with Crippen LogP contribution in [-0.4, -0.2) is 85.4 Å². The molecule has 0 unspecified atom stereocenters. The van der Waals surface area contributed by atoms with Gasteiger partial charge in [-0.2, -0.15) is 0 Å². The Labute approximate surface area is 166 Å². The van der Waals surface area contributed by atoms with E-state index in [0.29, 0.717) is 26.3 Å². The first-order valence-corrected chi connectivity index (χ1v) is 10.1. The highest BCUT2D eigenvalue weighted by Crippen LogP contribution is 2.18. The summed E-state index contributed by atoms with van der Waals surface area (Å²) in [4.78, 5) is 34.4. The molecule has 0 N–H and O–H groups in total. The summed E-state index contributed by atoms with van der Waals surface area (Å²) < 4.78 is 10.7. The first-order chi connectivity index (χ1) is 13.7. The first kappa shape index (κ1) is 20.4. The lowest BCUT2D eigenvalue weighted by atomic mass is 10.1. The van der Waals surface area contributed by atoms with Crippen LogP contribution >= 0.6 is 0 Å². The Kier molecular flexibility index (Phi) is 7.47. The Hall–Kier alpha value is -2.35. The highest BCUT2D eigenvalue weighted by atomic mass is 16.5. The van der Waals surface area contributed by atoms with E-state index in [0.717, 1.165) is 44.7 Å². The molecule has 2 aliphatic rings. The number of nitrogens with zero attached hydrogens (tertiary/aromatic N) is 4. The molecular formula is C20H30N4O4. The zero-order chi connectivity index (χ0) is 19.8. The fraction of sp³-hybridized carbons (Fsp3) is 0.650. The van der Waals surface area contributed by atoms with Crippen molar-refractivity contribution in [1.29, 1.82) is 0 Å². The Bertz CT molecular complexity index is 626. The van der Waals surface area contributed by atoms with E-state index in [-0.39, 0.29) is 24.5 Å². The molecule has 2 aliphatic heterocycles. The maximum absolute atomic E-state index is 12.8. The molecule has 1 aromatic heterocycles. The van der Waals surface area contributed by atoms with Crippen LogP contribution in [0.2, 0.25) is 0 Å². The molecule has 2 fully saturated rings. The van der Waals surface area contributed by atoms with Crippen molar-refractivity contribution in [1.82, 2.24) is 14.8 Å². The van der Waals surface area contributed by atoms with Crippen LogP contribution in [0.25, 0.3) is 0 Å². The molecule has 0 aromatic carbocycles. The van der Waals surface area contributed by atoms with Gasteiger partial charge in [-0.15, -0.1) is 0 Å². The lowest BCUT2D eigenvalue weighted by Gasteiger charge is -2.40. The molecule has 0 aliphatic carbocycles. The molecule has 1 aromatic rings. The maximum Gasteiger partial charge on any atom is 0.320 e. The minimum atomic E-state index is -0.221. The second kappa shape index (κ2) is 10.3. The van der Waals surface area contributed by atoms with Crippen LogP contribution in [0, 0.1) is 0 Å². The van der Waals surface area contributed by atoms with Crippen molar-refractivity contribution in [3.63, 3.8) is 0 Å². The molecule has 2 saturated heterocycles. The van der Waals surface area contributed by atoms with E-state index in [1.807, 2.05) is 21.9 Å². The average molecular weight is 390 g/mol. The van der Waals surface area contributed by atoms with E-state index in [1.165, 1.54) is 0 Å². The van der Waals surface area contributed by atoms with E-state index in [9.17, 15) is 9.59 Å². The number of hydrogen-bond donors (Lipinski definition) is 0. The number of carbonyl (C=O) groups excluding carboxylic acids is 2. The zero-order valence-corrected chi connectivity index (χ0v) is 16.6. The Morgan fingerprint density at radius 1 is 1.04 bits per heavy atom. The first-order valence-electron chi connectivity index (χ1n) is 10.1. The van der Waals surface area contributed by atoms with Gasteiger partial charge >= 0.3 is 12.0 Å². The summed E-state index contributed by atoms with van der Waals surface area (Å²) in [6, 6.07) is 4.13. The summed E-state index contributed by atoms with van der Waals surface area (Å²) in [5.41, 5.74) is 1.16. The molecule has 0 radical (unpaired) electrons. The maximum atomic E-state index is 12.8. The number of amides is 2. The molecule has 0 spiro atoms. The standard InChI is InChI=1S/C20H30N4O4/c1-2-27-19(25)7-16-28-18-5-10-23(11-6-18)20(26)24-14-12-22(13-15-24)17-3-8-21-9-4-17/h3-4,8-9,18H,2,5-7,10-16H2,1H3. The van der Waals surface area contributed by atoms with Crippen LogP contribution in [0.4, 0.5) is 10.5 Å². The van der Waals surface area contributed by atoms with Gasteiger partial charge in [-0.1, -0.05) is 0 Å². The molecule has 8 nitrogen and oxygen atoms in total. The van der Waals surface area contributed by atoms with Crippen molar-refractivity contribution < 1.29 is 19.1 Å². The third kappa shape index (κ3) is 5.58. The van der Waals surface area contributed by atoms with Gasteiger partial charge in [0, 0.05) is 57.3 Å². The number of rotatable bonds is 6. The lowest BCUT2D eigenvalue weighted by molar-refractivity contribution is -0.144. The summed E-state index contributed by atoms with van der Waals surface area (Å²) >= 11 is 0. The number of anilines is 1. The number of piperazine rings is 1. The Morgan fingerprint density at radius 3 is 2.32 bits per heavy atom. The predicted molar refractivity (Wildman–Crippen MR) is 105 cm³/mol. The number of urea groups is 1. The summed E-state index contributed by atoms with van der Waals surface area (Å²) in [5.74, 6) is -0.221. The van der Waals surface area contributed by atoms with Crippen molar-refractivity contribution in [3.05, 3.63) is 24.5 Å². The SMILES string of the molecule is CCOC(=O)CCOC1CCN(C(=O)N2CCN(c3ccncc3)CC2)CC1. The van der Waals surface area contributed by atoms with E-state index in [1.54, 1.807) is 19.3 Å². The minimum Gasteiger partial charge on any atom is -0.466 e. The largest absolute Gasteiger partial charge is 0.466 e. The van der Waals surface area contributed by atoms with E-state index >= 15 is 0 Å². The number of carbonyl (C=O) groups is 2. The molecule has 0 bridgehead atoms. The minimum absolute atomic E-state index is 0.113. The number of ether oxygens (including phenoxy) is 2. The fourth-order valence-electron chi connectivity index (χ4n) is 3.67. The predicted octanol–water partition coefficient (Wildman–Crippen LogP) is 1.76. The number of likely N-dealkylation sites (tertiary alicyclic amines) is 1. The van der Waals surface area contributed by atoms with E-state index in [4.69, 9.17) is 9.47 Å². The molecule has 154 valence electrons. The fourth-order valence-corrected chi connectivity index (χ4v) is 3.67. The Balaban J connectivity index is 1.36. The van der Waals surface area contributed by atoms with Crippen LogP contribution in [0.5, 0.6) is 0 Å². The number of piperidine rings is 1. The quantitative estimate of drug-likeness (QED) is 0.689. The van der Waals surface area contributed by atoms with E-state index < -0.39 is 0 Å². The normalized spacial score (nSPS) is 18.2. The topological polar surface area (TPSA) is 75.2 Å². The second-order valence-electron chi connectivity index (χ2n) is 7.07. The molecule has 8 heteroatoms. The van der Waals surface area contributed by atoms with Gasteiger partial charge in [0.1, 0.15) is 0 Å². The summed E-state index contributed by atoms with van der Waals surface area (Å²) in [6.45, 7) is 7.12. The van der Waals surface area contributed by atoms with Crippen molar-refractivity contribution in [2.24, 2.45) is 0 Å². The van der Waals surface area contributed by atoms with Crippen LogP contribution in [-0.2, 0) is 14.3 Å². The van der Waals surface area contributed by atoms with Crippen LogP contribution < -0.4 is 4.90 Å². The second-order valence-corrected chi connectivity index (χ2v) is 7.07. The highest BCUT2D eigenvalue weighted by Gasteiger charge is 2.29. The van der Waals surface area contributed by atoms with Gasteiger partial charge in [0.2, 0.25) is 0 Å². The summed E-state index contributed by atoms with van der Waals surface area (Å²) in [6.07, 6.45) is 5.62. The number of aromatic nitrogens is 1. The van der Waals surface area contributed by atoms with E-state index in [2.05, 4.69) is 9.88 Å². The van der Waals surface area contributed by atoms with Crippen molar-refractivity contribution in [2.45, 2.75) is 32.3 Å². The van der Waals surface area contributed by atoms with Gasteiger partial charge in [-0.25, -0.2) is 4.79 Å². The number of esters is 1. The molecular weight excluding hydrogens is 360 g/mol. The van der Waals surface area contributed by atoms with Gasteiger partial charge in [-0.3, -0.25) is 9.78 Å². The van der Waals surface area contributed by atoms with Crippen molar-refractivity contribution in [2.75, 3.05) is 57.4 Å². The smallest absolute Gasteiger partial charge is 0.320 e.